The second kappa shape index (κ2) is 5.38. The molecule has 3 N–H and O–H groups in total. The van der Waals surface area contributed by atoms with Crippen molar-refractivity contribution >= 4 is 15.7 Å². The number of nitrogens with two attached hydrogens (primary N) is 1. The summed E-state index contributed by atoms with van der Waals surface area (Å²) in [6.07, 6.45) is 0. The van der Waals surface area contributed by atoms with Crippen molar-refractivity contribution in [2.75, 3.05) is 4.72 Å². The fourth-order valence-corrected chi connectivity index (χ4v) is 2.72. The first kappa shape index (κ1) is 13.5. The van der Waals surface area contributed by atoms with Gasteiger partial charge in [-0.2, -0.15) is 0 Å². The van der Waals surface area contributed by atoms with Crippen LogP contribution in [0.25, 0.3) is 0 Å². The lowest BCUT2D eigenvalue weighted by Crippen LogP contribution is -2.15. The minimum Gasteiger partial charge on any atom is -0.326 e. The Balaban J connectivity index is 2.34. The third kappa shape index (κ3) is 3.10. The number of para-hydroxylation sites is 1. The zero-order valence-electron chi connectivity index (χ0n) is 10.0. The van der Waals surface area contributed by atoms with E-state index in [-0.39, 0.29) is 11.4 Å². The Kier molecular flexibility index (Phi) is 3.82. The quantitative estimate of drug-likeness (QED) is 0.900. The predicted molar refractivity (Wildman–Crippen MR) is 71.5 cm³/mol. The number of hydrogen-bond donors (Lipinski definition) is 2. The summed E-state index contributed by atoms with van der Waals surface area (Å²) in [7, 11) is -3.73. The normalized spacial score (nSPS) is 11.3. The van der Waals surface area contributed by atoms with Gasteiger partial charge >= 0.3 is 0 Å². The monoisotopic (exact) mass is 280 g/mol. The number of benzene rings is 2. The first-order valence-corrected chi connectivity index (χ1v) is 7.07. The summed E-state index contributed by atoms with van der Waals surface area (Å²) in [5.74, 6) is -0.485. The lowest BCUT2D eigenvalue weighted by atomic mass is 10.2. The topological polar surface area (TPSA) is 72.2 Å². The van der Waals surface area contributed by atoms with Crippen molar-refractivity contribution in [3.05, 3.63) is 59.9 Å². The van der Waals surface area contributed by atoms with Gasteiger partial charge in [0.05, 0.1) is 10.6 Å². The Bertz CT molecular complexity index is 669. The van der Waals surface area contributed by atoms with Gasteiger partial charge in [-0.05, 0) is 35.9 Å². The van der Waals surface area contributed by atoms with Crippen LogP contribution in [0, 0.1) is 5.82 Å². The minimum absolute atomic E-state index is 0.000671. The largest absolute Gasteiger partial charge is 0.326 e. The van der Waals surface area contributed by atoms with Gasteiger partial charge in [0.1, 0.15) is 5.82 Å². The number of rotatable bonds is 4. The van der Waals surface area contributed by atoms with Crippen LogP contribution in [-0.4, -0.2) is 8.42 Å². The van der Waals surface area contributed by atoms with Crippen LogP contribution < -0.4 is 10.5 Å². The highest BCUT2D eigenvalue weighted by molar-refractivity contribution is 7.92. The third-order valence-corrected chi connectivity index (χ3v) is 3.99. The molecule has 19 heavy (non-hydrogen) atoms. The summed E-state index contributed by atoms with van der Waals surface area (Å²) in [5.41, 5.74) is 6.66. The molecule has 0 radical (unpaired) electrons. The molecule has 0 heterocycles. The zero-order valence-corrected chi connectivity index (χ0v) is 10.8. The van der Waals surface area contributed by atoms with E-state index in [1.807, 2.05) is 0 Å². The van der Waals surface area contributed by atoms with Crippen LogP contribution in [0.2, 0.25) is 0 Å². The molecule has 0 aromatic heterocycles. The van der Waals surface area contributed by atoms with Crippen LogP contribution >= 0.6 is 0 Å². The van der Waals surface area contributed by atoms with E-state index in [0.29, 0.717) is 11.3 Å². The molecule has 4 nitrogen and oxygen atoms in total. The Hall–Kier alpha value is -1.92. The highest BCUT2D eigenvalue weighted by atomic mass is 32.2. The predicted octanol–water partition coefficient (Wildman–Crippen LogP) is 2.09. The maximum Gasteiger partial charge on any atom is 0.261 e. The van der Waals surface area contributed by atoms with E-state index < -0.39 is 15.8 Å². The Morgan fingerprint density at radius 2 is 1.68 bits per heavy atom. The second-order valence-electron chi connectivity index (χ2n) is 3.92. The lowest BCUT2D eigenvalue weighted by molar-refractivity contribution is 0.599. The van der Waals surface area contributed by atoms with Crippen molar-refractivity contribution in [1.29, 1.82) is 0 Å². The maximum absolute atomic E-state index is 12.8. The summed E-state index contributed by atoms with van der Waals surface area (Å²) in [6.45, 7) is 0.224. The molecule has 0 bridgehead atoms. The molecule has 2 aromatic rings. The van der Waals surface area contributed by atoms with E-state index in [1.165, 1.54) is 12.1 Å². The smallest absolute Gasteiger partial charge is 0.261 e. The van der Waals surface area contributed by atoms with Gasteiger partial charge < -0.3 is 5.73 Å². The van der Waals surface area contributed by atoms with Crippen molar-refractivity contribution in [2.24, 2.45) is 5.73 Å². The molecular weight excluding hydrogens is 267 g/mol. The molecule has 0 aliphatic rings. The van der Waals surface area contributed by atoms with Crippen molar-refractivity contribution in [3.63, 3.8) is 0 Å². The van der Waals surface area contributed by atoms with Crippen LogP contribution in [0.3, 0.4) is 0 Å². The van der Waals surface area contributed by atoms with Crippen LogP contribution in [-0.2, 0) is 16.6 Å². The second-order valence-corrected chi connectivity index (χ2v) is 5.60. The Morgan fingerprint density at radius 1 is 1.05 bits per heavy atom. The lowest BCUT2D eigenvalue weighted by Gasteiger charge is -2.11. The van der Waals surface area contributed by atoms with Gasteiger partial charge in [-0.15, -0.1) is 0 Å². The van der Waals surface area contributed by atoms with E-state index in [4.69, 9.17) is 5.73 Å². The first-order chi connectivity index (χ1) is 9.03. The number of hydrogen-bond acceptors (Lipinski definition) is 3. The van der Waals surface area contributed by atoms with Gasteiger partial charge in [0.2, 0.25) is 0 Å². The van der Waals surface area contributed by atoms with Crippen molar-refractivity contribution < 1.29 is 12.8 Å². The van der Waals surface area contributed by atoms with Gasteiger partial charge in [0, 0.05) is 6.54 Å². The molecule has 0 amide bonds. The summed E-state index contributed by atoms with van der Waals surface area (Å²) in [5, 5.41) is 0. The molecule has 0 saturated heterocycles. The van der Waals surface area contributed by atoms with Crippen LogP contribution in [0.4, 0.5) is 10.1 Å². The SMILES string of the molecule is NCc1ccccc1NS(=O)(=O)c1ccc(F)cc1. The molecule has 0 spiro atoms. The Labute approximate surface area is 111 Å². The van der Waals surface area contributed by atoms with E-state index in [1.54, 1.807) is 24.3 Å². The molecule has 0 saturated carbocycles. The highest BCUT2D eigenvalue weighted by Gasteiger charge is 2.15. The average Bonchev–Trinajstić information content (AvgIpc) is 2.39. The van der Waals surface area contributed by atoms with Gasteiger partial charge in [-0.1, -0.05) is 18.2 Å². The van der Waals surface area contributed by atoms with Crippen LogP contribution in [0.15, 0.2) is 53.4 Å². The maximum atomic E-state index is 12.8. The van der Waals surface area contributed by atoms with E-state index in [9.17, 15) is 12.8 Å². The summed E-state index contributed by atoms with van der Waals surface area (Å²) >= 11 is 0. The zero-order chi connectivity index (χ0) is 13.9. The fourth-order valence-electron chi connectivity index (χ4n) is 1.62. The summed E-state index contributed by atoms with van der Waals surface area (Å²) in [4.78, 5) is 0.000671. The van der Waals surface area contributed by atoms with Crippen molar-refractivity contribution in [3.8, 4) is 0 Å². The number of sulfonamides is 1. The van der Waals surface area contributed by atoms with E-state index in [2.05, 4.69) is 4.72 Å². The van der Waals surface area contributed by atoms with Gasteiger partial charge in [-0.3, -0.25) is 4.72 Å². The van der Waals surface area contributed by atoms with Gasteiger partial charge in [-0.25, -0.2) is 12.8 Å². The Morgan fingerprint density at radius 3 is 2.32 bits per heavy atom. The molecule has 100 valence electrons. The van der Waals surface area contributed by atoms with Crippen LogP contribution in [0.5, 0.6) is 0 Å². The molecule has 0 unspecified atom stereocenters. The molecule has 0 atom stereocenters. The van der Waals surface area contributed by atoms with Crippen molar-refractivity contribution in [2.45, 2.75) is 11.4 Å². The molecule has 0 aliphatic carbocycles. The number of nitrogens with one attached hydrogen (secondary N) is 1. The third-order valence-electron chi connectivity index (χ3n) is 2.61. The van der Waals surface area contributed by atoms with Crippen molar-refractivity contribution in [1.82, 2.24) is 0 Å². The number of halogens is 1. The summed E-state index contributed by atoms with van der Waals surface area (Å²) in [6, 6.07) is 11.5. The standard InChI is InChI=1S/C13H13FN2O2S/c14-11-5-7-12(8-6-11)19(17,18)16-13-4-2-1-3-10(13)9-15/h1-8,16H,9,15H2. The molecule has 0 fully saturated rings. The number of anilines is 1. The first-order valence-electron chi connectivity index (χ1n) is 5.59. The highest BCUT2D eigenvalue weighted by Crippen LogP contribution is 2.19. The molecular formula is C13H13FN2O2S. The van der Waals surface area contributed by atoms with Crippen LogP contribution in [0.1, 0.15) is 5.56 Å². The molecule has 2 rings (SSSR count). The minimum atomic E-state index is -3.73. The molecule has 6 heteroatoms. The molecule has 2 aromatic carbocycles. The summed E-state index contributed by atoms with van der Waals surface area (Å²) < 4.78 is 39.4. The average molecular weight is 280 g/mol. The van der Waals surface area contributed by atoms with E-state index in [0.717, 1.165) is 12.1 Å². The van der Waals surface area contributed by atoms with E-state index >= 15 is 0 Å². The van der Waals surface area contributed by atoms with Gasteiger partial charge in [0.25, 0.3) is 10.0 Å². The molecule has 0 aliphatic heterocycles. The fraction of sp³-hybridized carbons (Fsp3) is 0.0769. The van der Waals surface area contributed by atoms with Gasteiger partial charge in [0.15, 0.2) is 0 Å².